The van der Waals surface area contributed by atoms with Gasteiger partial charge in [0.25, 0.3) is 0 Å². The number of hydrogen-bond donors (Lipinski definition) is 5. The molecule has 0 saturated heterocycles. The molecule has 0 saturated carbocycles. The second kappa shape index (κ2) is 6.96. The van der Waals surface area contributed by atoms with Crippen LogP contribution >= 0.6 is 0 Å². The molecule has 0 bridgehead atoms. The Morgan fingerprint density at radius 3 is 2.33 bits per heavy atom. The number of carbonyl (C=O) groups is 2. The third-order valence-electron chi connectivity index (χ3n) is 1.44. The third-order valence-corrected chi connectivity index (χ3v) is 1.44. The molecule has 0 aliphatic heterocycles. The first-order valence-corrected chi connectivity index (χ1v) is 4.37. The van der Waals surface area contributed by atoms with E-state index < -0.39 is 36.0 Å². The molecule has 18 heavy (non-hydrogen) atoms. The van der Waals surface area contributed by atoms with Crippen molar-refractivity contribution in [3.05, 3.63) is 22.5 Å². The molecule has 0 aliphatic carbocycles. The van der Waals surface area contributed by atoms with Gasteiger partial charge < -0.3 is 26.0 Å². The smallest absolute Gasteiger partial charge is 0.347 e. The molecule has 6 N–H and O–H groups in total. The highest BCUT2D eigenvalue weighted by Gasteiger charge is 2.16. The first kappa shape index (κ1) is 15.5. The molecule has 10 heteroatoms. The number of H-pyrrole nitrogens is 1. The number of aliphatic hydroxyl groups is 1. The molecule has 0 aliphatic rings. The van der Waals surface area contributed by atoms with Gasteiger partial charge in [-0.2, -0.15) is 4.98 Å². The minimum Gasteiger partial charge on any atom is -0.481 e. The number of hydrogen-bond acceptors (Lipinski definition) is 6. The Balaban J connectivity index is 0.000000321. The van der Waals surface area contributed by atoms with Crippen LogP contribution in [0.15, 0.2) is 11.0 Å². The van der Waals surface area contributed by atoms with Crippen LogP contribution in [0.25, 0.3) is 0 Å². The minimum atomic E-state index is -1.79. The van der Waals surface area contributed by atoms with E-state index in [9.17, 15) is 18.8 Å². The van der Waals surface area contributed by atoms with Gasteiger partial charge in [0.1, 0.15) is 0 Å². The van der Waals surface area contributed by atoms with Gasteiger partial charge in [0, 0.05) is 6.20 Å². The van der Waals surface area contributed by atoms with Crippen molar-refractivity contribution in [1.82, 2.24) is 9.97 Å². The van der Waals surface area contributed by atoms with Crippen LogP contribution in [0, 0.1) is 5.82 Å². The Hall–Kier alpha value is -2.49. The maximum Gasteiger partial charge on any atom is 0.347 e. The average molecular weight is 263 g/mol. The van der Waals surface area contributed by atoms with Gasteiger partial charge in [-0.3, -0.25) is 4.79 Å². The van der Waals surface area contributed by atoms with Crippen LogP contribution in [0.1, 0.15) is 6.42 Å². The fourth-order valence-electron chi connectivity index (χ4n) is 0.647. The highest BCUT2D eigenvalue weighted by molar-refractivity contribution is 5.79. The second-order valence-electron chi connectivity index (χ2n) is 2.89. The first-order valence-electron chi connectivity index (χ1n) is 4.37. The van der Waals surface area contributed by atoms with Gasteiger partial charge in [0.05, 0.1) is 6.42 Å². The number of halogens is 1. The van der Waals surface area contributed by atoms with E-state index in [-0.39, 0.29) is 5.82 Å². The number of aliphatic carboxylic acids is 2. The number of nitrogen functional groups attached to an aromatic ring is 1. The molecule has 0 amide bonds. The van der Waals surface area contributed by atoms with Crippen molar-refractivity contribution in [1.29, 1.82) is 0 Å². The Kier molecular flexibility index (Phi) is 6.00. The maximum absolute atomic E-state index is 12.1. The Bertz CT molecular complexity index is 488. The van der Waals surface area contributed by atoms with E-state index in [4.69, 9.17) is 21.1 Å². The van der Waals surface area contributed by atoms with Gasteiger partial charge in [0.2, 0.25) is 0 Å². The number of nitrogens with one attached hydrogen (secondary N) is 1. The molecular formula is C8H10FN3O6. The summed E-state index contributed by atoms with van der Waals surface area (Å²) < 4.78 is 12.1. The number of aromatic nitrogens is 2. The molecule has 0 spiro atoms. The monoisotopic (exact) mass is 263 g/mol. The number of anilines is 1. The van der Waals surface area contributed by atoms with Gasteiger partial charge >= 0.3 is 17.6 Å². The Morgan fingerprint density at radius 2 is 2.06 bits per heavy atom. The zero-order valence-corrected chi connectivity index (χ0v) is 8.83. The summed E-state index contributed by atoms with van der Waals surface area (Å²) in [4.78, 5) is 34.7. The number of nitrogens with two attached hydrogens (primary N) is 1. The van der Waals surface area contributed by atoms with Crippen molar-refractivity contribution in [2.24, 2.45) is 0 Å². The summed E-state index contributed by atoms with van der Waals surface area (Å²) in [7, 11) is 0. The zero-order valence-electron chi connectivity index (χ0n) is 8.83. The summed E-state index contributed by atoms with van der Waals surface area (Å²) in [5.74, 6) is -3.93. The third kappa shape index (κ3) is 6.17. The molecule has 0 fully saturated rings. The number of aromatic amines is 1. The summed E-state index contributed by atoms with van der Waals surface area (Å²) in [5.41, 5.74) is 4.27. The molecule has 1 aromatic heterocycles. The van der Waals surface area contributed by atoms with Crippen molar-refractivity contribution in [3.8, 4) is 0 Å². The highest BCUT2D eigenvalue weighted by atomic mass is 19.1. The molecule has 9 nitrogen and oxygen atoms in total. The largest absolute Gasteiger partial charge is 0.481 e. The standard InChI is InChI=1S/C4H4FN3O.C4H6O5/c5-2-1-7-4(9)8-3(2)6;5-2(4(8)9)1-3(6)7/h1H,(H3,6,7,8,9);2,5H,1H2,(H,6,7)(H,8,9). The van der Waals surface area contributed by atoms with Crippen molar-refractivity contribution < 1.29 is 29.3 Å². The molecule has 0 radical (unpaired) electrons. The predicted octanol–water partition coefficient (Wildman–Crippen LogP) is -1.60. The average Bonchev–Trinajstić information content (AvgIpc) is 2.24. The van der Waals surface area contributed by atoms with Crippen molar-refractivity contribution >= 4 is 17.8 Å². The summed E-state index contributed by atoms with van der Waals surface area (Å²) >= 11 is 0. The molecule has 0 aromatic carbocycles. The van der Waals surface area contributed by atoms with Crippen LogP contribution in [0.4, 0.5) is 10.2 Å². The highest BCUT2D eigenvalue weighted by Crippen LogP contribution is 1.96. The van der Waals surface area contributed by atoms with E-state index in [0.29, 0.717) is 0 Å². The second-order valence-corrected chi connectivity index (χ2v) is 2.89. The van der Waals surface area contributed by atoms with E-state index in [1.54, 1.807) is 0 Å². The lowest BCUT2D eigenvalue weighted by Gasteiger charge is -1.97. The van der Waals surface area contributed by atoms with Crippen molar-refractivity contribution in [2.45, 2.75) is 12.5 Å². The molecule has 1 unspecified atom stereocenters. The van der Waals surface area contributed by atoms with E-state index >= 15 is 0 Å². The Labute approximate surface area is 98.7 Å². The SMILES string of the molecule is Nc1nc(=O)[nH]cc1F.O=C(O)CC(O)C(=O)O. The lowest BCUT2D eigenvalue weighted by atomic mass is 10.3. The van der Waals surface area contributed by atoms with Crippen LogP contribution < -0.4 is 11.4 Å². The van der Waals surface area contributed by atoms with Crippen LogP contribution in [0.5, 0.6) is 0 Å². The number of aliphatic hydroxyl groups excluding tert-OH is 1. The molecule has 1 aromatic rings. The summed E-state index contributed by atoms with van der Waals surface area (Å²) in [6.45, 7) is 0. The van der Waals surface area contributed by atoms with Crippen LogP contribution in [0.2, 0.25) is 0 Å². The summed E-state index contributed by atoms with van der Waals surface area (Å²) in [5, 5.41) is 24.1. The maximum atomic E-state index is 12.1. The van der Waals surface area contributed by atoms with E-state index in [0.717, 1.165) is 6.20 Å². The number of carboxylic acids is 2. The summed E-state index contributed by atoms with van der Waals surface area (Å²) in [6.07, 6.45) is -1.68. The number of nitrogens with zero attached hydrogens (tertiary/aromatic N) is 1. The summed E-state index contributed by atoms with van der Waals surface area (Å²) in [6, 6.07) is 0. The van der Waals surface area contributed by atoms with Crippen molar-refractivity contribution in [2.75, 3.05) is 5.73 Å². The molecule has 100 valence electrons. The van der Waals surface area contributed by atoms with Crippen LogP contribution in [-0.4, -0.2) is 43.3 Å². The lowest BCUT2D eigenvalue weighted by Crippen LogP contribution is -2.22. The van der Waals surface area contributed by atoms with Gasteiger partial charge in [0.15, 0.2) is 17.7 Å². The minimum absolute atomic E-state index is 0.376. The van der Waals surface area contributed by atoms with Gasteiger partial charge in [-0.15, -0.1) is 0 Å². The van der Waals surface area contributed by atoms with Crippen molar-refractivity contribution in [3.63, 3.8) is 0 Å². The molecule has 1 heterocycles. The number of rotatable bonds is 3. The quantitative estimate of drug-likeness (QED) is 0.434. The van der Waals surface area contributed by atoms with E-state index in [2.05, 4.69) is 4.98 Å². The van der Waals surface area contributed by atoms with Gasteiger partial charge in [-0.05, 0) is 0 Å². The van der Waals surface area contributed by atoms with Gasteiger partial charge in [-0.1, -0.05) is 0 Å². The fraction of sp³-hybridized carbons (Fsp3) is 0.250. The zero-order chi connectivity index (χ0) is 14.3. The topological polar surface area (TPSA) is 167 Å². The van der Waals surface area contributed by atoms with E-state index in [1.807, 2.05) is 4.98 Å². The normalized spacial score (nSPS) is 11.0. The molecule has 1 rings (SSSR count). The van der Waals surface area contributed by atoms with Crippen LogP contribution in [-0.2, 0) is 9.59 Å². The first-order chi connectivity index (χ1) is 8.23. The van der Waals surface area contributed by atoms with E-state index in [1.165, 1.54) is 0 Å². The fourth-order valence-corrected chi connectivity index (χ4v) is 0.647. The molecular weight excluding hydrogens is 253 g/mol. The van der Waals surface area contributed by atoms with Crippen LogP contribution in [0.3, 0.4) is 0 Å². The Morgan fingerprint density at radius 1 is 1.50 bits per heavy atom. The predicted molar refractivity (Wildman–Crippen MR) is 55.1 cm³/mol. The van der Waals surface area contributed by atoms with Gasteiger partial charge in [-0.25, -0.2) is 14.0 Å². The number of carboxylic acid groups (broad SMARTS) is 2. The lowest BCUT2D eigenvalue weighted by molar-refractivity contribution is -0.152. The molecule has 1 atom stereocenters.